The van der Waals surface area contributed by atoms with E-state index in [1.807, 2.05) is 12.1 Å². The fraction of sp³-hybridized carbons (Fsp3) is 0.154. The number of alkyl halides is 3. The van der Waals surface area contributed by atoms with Crippen molar-refractivity contribution in [2.75, 3.05) is 5.32 Å². The molecule has 34 heavy (non-hydrogen) atoms. The van der Waals surface area contributed by atoms with E-state index in [0.717, 1.165) is 17.5 Å². The Morgan fingerprint density at radius 2 is 1.71 bits per heavy atom. The molecule has 8 heteroatoms. The summed E-state index contributed by atoms with van der Waals surface area (Å²) in [5.74, 6) is -1.58. The number of nitrogens with zero attached hydrogens (tertiary/aromatic N) is 1. The number of benzene rings is 3. The van der Waals surface area contributed by atoms with E-state index in [1.54, 1.807) is 47.9 Å². The van der Waals surface area contributed by atoms with Crippen molar-refractivity contribution in [3.8, 4) is 0 Å². The molecule has 0 unspecified atom stereocenters. The van der Waals surface area contributed by atoms with Gasteiger partial charge < -0.3 is 15.0 Å². The van der Waals surface area contributed by atoms with Crippen LogP contribution >= 0.6 is 0 Å². The summed E-state index contributed by atoms with van der Waals surface area (Å²) in [5, 5.41) is 13.0. The largest absolute Gasteiger partial charge is 0.478 e. The summed E-state index contributed by atoms with van der Waals surface area (Å²) in [6.45, 7) is 1.85. The Morgan fingerprint density at radius 3 is 2.41 bits per heavy atom. The predicted molar refractivity (Wildman–Crippen MR) is 123 cm³/mol. The molecular weight excluding hydrogens is 445 g/mol. The summed E-state index contributed by atoms with van der Waals surface area (Å²) >= 11 is 0. The number of para-hydroxylation sites is 1. The van der Waals surface area contributed by atoms with Gasteiger partial charge >= 0.3 is 12.1 Å². The second kappa shape index (κ2) is 9.05. The van der Waals surface area contributed by atoms with E-state index in [9.17, 15) is 27.9 Å². The summed E-state index contributed by atoms with van der Waals surface area (Å²) in [4.78, 5) is 24.9. The lowest BCUT2D eigenvalue weighted by Crippen LogP contribution is -2.19. The molecule has 0 fully saturated rings. The average Bonchev–Trinajstić information content (AvgIpc) is 3.17. The molecule has 0 aliphatic heterocycles. The van der Waals surface area contributed by atoms with Gasteiger partial charge in [0, 0.05) is 23.1 Å². The van der Waals surface area contributed by atoms with Crippen molar-refractivity contribution < 1.29 is 27.9 Å². The Hall–Kier alpha value is -4.07. The Bertz CT molecular complexity index is 1390. The third-order valence-corrected chi connectivity index (χ3v) is 5.65. The Morgan fingerprint density at radius 1 is 0.971 bits per heavy atom. The maximum absolute atomic E-state index is 13.3. The highest BCUT2D eigenvalue weighted by Crippen LogP contribution is 2.30. The van der Waals surface area contributed by atoms with Crippen LogP contribution in [0, 0.1) is 0 Å². The summed E-state index contributed by atoms with van der Waals surface area (Å²) in [7, 11) is 0. The third kappa shape index (κ3) is 4.52. The van der Waals surface area contributed by atoms with Crippen LogP contribution in [0.2, 0.25) is 0 Å². The van der Waals surface area contributed by atoms with Crippen molar-refractivity contribution in [3.05, 3.63) is 101 Å². The molecule has 1 heterocycles. The first-order valence-electron chi connectivity index (χ1n) is 10.6. The number of carboxylic acids is 1. The molecule has 1 amide bonds. The molecular formula is C26H21F3N2O3. The molecule has 4 aromatic rings. The number of amides is 1. The van der Waals surface area contributed by atoms with E-state index >= 15 is 0 Å². The van der Waals surface area contributed by atoms with Gasteiger partial charge in [0.15, 0.2) is 0 Å². The lowest BCUT2D eigenvalue weighted by molar-refractivity contribution is -0.137. The topological polar surface area (TPSA) is 71.3 Å². The summed E-state index contributed by atoms with van der Waals surface area (Å²) < 4.78 is 41.3. The minimum Gasteiger partial charge on any atom is -0.478 e. The number of aromatic nitrogens is 1. The highest BCUT2D eigenvalue weighted by atomic mass is 19.4. The maximum Gasteiger partial charge on any atom is 0.416 e. The van der Waals surface area contributed by atoms with Crippen LogP contribution in [0.3, 0.4) is 0 Å². The molecule has 0 bridgehead atoms. The fourth-order valence-corrected chi connectivity index (χ4v) is 4.07. The fourth-order valence-electron chi connectivity index (χ4n) is 4.07. The minimum absolute atomic E-state index is 0.0516. The van der Waals surface area contributed by atoms with Crippen LogP contribution in [-0.2, 0) is 19.1 Å². The van der Waals surface area contributed by atoms with Crippen LogP contribution in [-0.4, -0.2) is 21.6 Å². The molecule has 1 aromatic heterocycles. The summed E-state index contributed by atoms with van der Waals surface area (Å²) in [6, 6.07) is 18.5. The number of fused-ring (bicyclic) bond motifs is 1. The second-order valence-electron chi connectivity index (χ2n) is 7.82. The van der Waals surface area contributed by atoms with Crippen LogP contribution in [0.15, 0.2) is 72.8 Å². The van der Waals surface area contributed by atoms with Gasteiger partial charge in [0.2, 0.25) is 0 Å². The van der Waals surface area contributed by atoms with Crippen molar-refractivity contribution in [3.63, 3.8) is 0 Å². The molecule has 2 N–H and O–H groups in total. The van der Waals surface area contributed by atoms with Gasteiger partial charge in [-0.25, -0.2) is 4.79 Å². The number of anilines is 1. The maximum atomic E-state index is 13.3. The minimum atomic E-state index is -4.47. The Balaban J connectivity index is 1.75. The zero-order valence-corrected chi connectivity index (χ0v) is 18.2. The molecule has 0 spiro atoms. The molecule has 0 atom stereocenters. The molecule has 0 radical (unpaired) electrons. The quantitative estimate of drug-likeness (QED) is 0.354. The van der Waals surface area contributed by atoms with Gasteiger partial charge in [0.05, 0.1) is 11.1 Å². The van der Waals surface area contributed by atoms with E-state index in [-0.39, 0.29) is 17.8 Å². The van der Waals surface area contributed by atoms with E-state index < -0.39 is 23.6 Å². The molecule has 4 rings (SSSR count). The number of rotatable bonds is 6. The van der Waals surface area contributed by atoms with Crippen molar-refractivity contribution in [2.45, 2.75) is 26.1 Å². The standard InChI is InChI=1S/C26H21F3N2O3/c1-2-19-20(25(33)34)10-6-11-21(19)30-24(32)23-14-17-8-3-4-12-22(17)31(23)15-16-7-5-9-18(13-16)26(27,28)29/h3-14H,2,15H2,1H3,(H,30,32)(H,33,34). The van der Waals surface area contributed by atoms with Gasteiger partial charge in [0.25, 0.3) is 5.91 Å². The molecule has 5 nitrogen and oxygen atoms in total. The lowest BCUT2D eigenvalue weighted by Gasteiger charge is -2.15. The molecule has 0 aliphatic rings. The number of carbonyl (C=O) groups excluding carboxylic acids is 1. The van der Waals surface area contributed by atoms with Gasteiger partial charge in [-0.2, -0.15) is 13.2 Å². The highest BCUT2D eigenvalue weighted by molar-refractivity contribution is 6.07. The molecule has 174 valence electrons. The zero-order valence-electron chi connectivity index (χ0n) is 18.2. The monoisotopic (exact) mass is 466 g/mol. The molecule has 0 saturated carbocycles. The number of halogens is 3. The van der Waals surface area contributed by atoms with Crippen LogP contribution < -0.4 is 5.32 Å². The first-order chi connectivity index (χ1) is 16.2. The predicted octanol–water partition coefficient (Wildman–Crippen LogP) is 6.22. The smallest absolute Gasteiger partial charge is 0.416 e. The molecule has 3 aromatic carbocycles. The number of nitrogens with one attached hydrogen (secondary N) is 1. The lowest BCUT2D eigenvalue weighted by atomic mass is 10.0. The normalized spacial score (nSPS) is 11.5. The molecule has 0 aliphatic carbocycles. The first kappa shape index (κ1) is 23.1. The van der Waals surface area contributed by atoms with Gasteiger partial charge in [-0.3, -0.25) is 4.79 Å². The molecule has 0 saturated heterocycles. The Kier molecular flexibility index (Phi) is 6.15. The van der Waals surface area contributed by atoms with E-state index in [2.05, 4.69) is 5.32 Å². The van der Waals surface area contributed by atoms with Crippen molar-refractivity contribution in [1.29, 1.82) is 0 Å². The van der Waals surface area contributed by atoms with Gasteiger partial charge in [-0.1, -0.05) is 43.3 Å². The van der Waals surface area contributed by atoms with Crippen molar-refractivity contribution in [2.24, 2.45) is 0 Å². The van der Waals surface area contributed by atoms with Crippen LogP contribution in [0.25, 0.3) is 10.9 Å². The van der Waals surface area contributed by atoms with Gasteiger partial charge in [-0.15, -0.1) is 0 Å². The number of carbonyl (C=O) groups is 2. The number of carboxylic acid groups (broad SMARTS) is 1. The zero-order chi connectivity index (χ0) is 24.5. The number of hydrogen-bond acceptors (Lipinski definition) is 2. The van der Waals surface area contributed by atoms with E-state index in [4.69, 9.17) is 0 Å². The SMILES string of the molecule is CCc1c(NC(=O)c2cc3ccccc3n2Cc2cccc(C(F)(F)F)c2)cccc1C(=O)O. The number of aromatic carboxylic acids is 1. The van der Waals surface area contributed by atoms with Crippen LogP contribution in [0.5, 0.6) is 0 Å². The highest BCUT2D eigenvalue weighted by Gasteiger charge is 2.30. The average molecular weight is 466 g/mol. The third-order valence-electron chi connectivity index (χ3n) is 5.65. The van der Waals surface area contributed by atoms with Gasteiger partial charge in [-0.05, 0) is 53.9 Å². The van der Waals surface area contributed by atoms with Crippen LogP contribution in [0.4, 0.5) is 18.9 Å². The van der Waals surface area contributed by atoms with Crippen LogP contribution in [0.1, 0.15) is 44.5 Å². The second-order valence-corrected chi connectivity index (χ2v) is 7.82. The Labute approximate surface area is 193 Å². The summed E-state index contributed by atoms with van der Waals surface area (Å²) in [5.41, 5.74) is 1.55. The van der Waals surface area contributed by atoms with Gasteiger partial charge in [0.1, 0.15) is 5.69 Å². The van der Waals surface area contributed by atoms with Crippen molar-refractivity contribution in [1.82, 2.24) is 4.57 Å². The number of hydrogen-bond donors (Lipinski definition) is 2. The summed E-state index contributed by atoms with van der Waals surface area (Å²) in [6.07, 6.45) is -4.08. The first-order valence-corrected chi connectivity index (χ1v) is 10.6. The van der Waals surface area contributed by atoms with Crippen molar-refractivity contribution >= 4 is 28.5 Å². The van der Waals surface area contributed by atoms with E-state index in [1.165, 1.54) is 12.1 Å². The van der Waals surface area contributed by atoms with E-state index in [0.29, 0.717) is 28.8 Å².